The van der Waals surface area contributed by atoms with Crippen molar-refractivity contribution in [1.82, 2.24) is 5.32 Å². The Morgan fingerprint density at radius 2 is 1.82 bits per heavy atom. The molecule has 68 valence electrons. The Kier molecular flexibility index (Phi) is 5.51. The predicted molar refractivity (Wildman–Crippen MR) is 48.8 cm³/mol. The van der Waals surface area contributed by atoms with Gasteiger partial charge in [-0.25, -0.2) is 0 Å². The molecule has 0 fully saturated rings. The molecule has 0 aromatic carbocycles. The van der Waals surface area contributed by atoms with E-state index in [9.17, 15) is 0 Å². The van der Waals surface area contributed by atoms with Gasteiger partial charge in [-0.05, 0) is 26.8 Å². The number of hydrogen-bond donors (Lipinski definition) is 1. The molecule has 0 aliphatic heterocycles. The molecule has 2 atom stereocenters. The van der Waals surface area contributed by atoms with Crippen LogP contribution in [0.5, 0.6) is 0 Å². The third kappa shape index (κ3) is 3.73. The second kappa shape index (κ2) is 5.56. The van der Waals surface area contributed by atoms with Crippen molar-refractivity contribution < 1.29 is 4.74 Å². The van der Waals surface area contributed by atoms with Crippen molar-refractivity contribution in [2.45, 2.75) is 39.8 Å². The lowest BCUT2D eigenvalue weighted by Gasteiger charge is -2.26. The summed E-state index contributed by atoms with van der Waals surface area (Å²) >= 11 is 0. The number of hydrogen-bond acceptors (Lipinski definition) is 2. The van der Waals surface area contributed by atoms with Gasteiger partial charge in [0.15, 0.2) is 0 Å². The summed E-state index contributed by atoms with van der Waals surface area (Å²) in [5.41, 5.74) is 0. The molecule has 0 heterocycles. The largest absolute Gasteiger partial charge is 0.377 e. The zero-order valence-corrected chi connectivity index (χ0v) is 8.35. The first-order chi connectivity index (χ1) is 5.13. The third-order valence-corrected chi connectivity index (χ3v) is 1.99. The molecule has 0 saturated carbocycles. The quantitative estimate of drug-likeness (QED) is 0.658. The van der Waals surface area contributed by atoms with E-state index in [-0.39, 0.29) is 0 Å². The monoisotopic (exact) mass is 159 g/mol. The van der Waals surface area contributed by atoms with Gasteiger partial charge < -0.3 is 10.1 Å². The van der Waals surface area contributed by atoms with Crippen LogP contribution in [0.3, 0.4) is 0 Å². The van der Waals surface area contributed by atoms with Crippen molar-refractivity contribution in [2.24, 2.45) is 5.92 Å². The van der Waals surface area contributed by atoms with E-state index in [1.54, 1.807) is 0 Å². The van der Waals surface area contributed by atoms with Crippen LogP contribution in [0.2, 0.25) is 0 Å². The fourth-order valence-electron chi connectivity index (χ4n) is 1.48. The molecular weight excluding hydrogens is 138 g/mol. The fraction of sp³-hybridized carbons (Fsp3) is 1.00. The van der Waals surface area contributed by atoms with E-state index < -0.39 is 0 Å². The second-order valence-corrected chi connectivity index (χ2v) is 3.22. The van der Waals surface area contributed by atoms with E-state index in [0.29, 0.717) is 18.1 Å². The van der Waals surface area contributed by atoms with Crippen LogP contribution in [0.4, 0.5) is 0 Å². The zero-order valence-electron chi connectivity index (χ0n) is 8.35. The van der Waals surface area contributed by atoms with E-state index in [4.69, 9.17) is 4.74 Å². The first-order valence-corrected chi connectivity index (χ1v) is 4.42. The van der Waals surface area contributed by atoms with Crippen LogP contribution < -0.4 is 5.32 Å². The Morgan fingerprint density at radius 1 is 1.27 bits per heavy atom. The zero-order chi connectivity index (χ0) is 8.85. The second-order valence-electron chi connectivity index (χ2n) is 3.22. The van der Waals surface area contributed by atoms with E-state index in [1.807, 2.05) is 14.0 Å². The first kappa shape index (κ1) is 10.9. The van der Waals surface area contributed by atoms with Gasteiger partial charge in [0.2, 0.25) is 0 Å². The average molecular weight is 159 g/mol. The maximum absolute atomic E-state index is 5.49. The highest BCUT2D eigenvalue weighted by Gasteiger charge is 2.18. The topological polar surface area (TPSA) is 21.3 Å². The van der Waals surface area contributed by atoms with Gasteiger partial charge in [-0.15, -0.1) is 0 Å². The first-order valence-electron chi connectivity index (χ1n) is 4.42. The molecule has 0 spiro atoms. The number of rotatable bonds is 5. The lowest BCUT2D eigenvalue weighted by atomic mass is 10.00. The summed E-state index contributed by atoms with van der Waals surface area (Å²) in [6.45, 7) is 9.35. The van der Waals surface area contributed by atoms with Crippen LogP contribution >= 0.6 is 0 Å². The van der Waals surface area contributed by atoms with Crippen molar-refractivity contribution in [1.29, 1.82) is 0 Å². The highest BCUT2D eigenvalue weighted by atomic mass is 16.5. The van der Waals surface area contributed by atoms with Gasteiger partial charge in [0.25, 0.3) is 0 Å². The van der Waals surface area contributed by atoms with Crippen LogP contribution in [0, 0.1) is 5.92 Å². The van der Waals surface area contributed by atoms with Crippen LogP contribution in [-0.4, -0.2) is 25.8 Å². The lowest BCUT2D eigenvalue weighted by Crippen LogP contribution is -2.41. The van der Waals surface area contributed by atoms with Crippen LogP contribution in [0.15, 0.2) is 0 Å². The van der Waals surface area contributed by atoms with Crippen molar-refractivity contribution in [3.63, 3.8) is 0 Å². The van der Waals surface area contributed by atoms with Crippen molar-refractivity contribution >= 4 is 0 Å². The van der Waals surface area contributed by atoms with Crippen LogP contribution in [-0.2, 0) is 4.74 Å². The van der Waals surface area contributed by atoms with Gasteiger partial charge in [-0.3, -0.25) is 0 Å². The third-order valence-electron chi connectivity index (χ3n) is 1.99. The van der Waals surface area contributed by atoms with Gasteiger partial charge >= 0.3 is 0 Å². The molecule has 0 rings (SSSR count). The summed E-state index contributed by atoms with van der Waals surface area (Å²) in [6.07, 6.45) is 0.310. The maximum atomic E-state index is 5.49. The summed E-state index contributed by atoms with van der Waals surface area (Å²) < 4.78 is 5.49. The summed E-state index contributed by atoms with van der Waals surface area (Å²) in [5.74, 6) is 0.626. The van der Waals surface area contributed by atoms with Crippen molar-refractivity contribution in [3.05, 3.63) is 0 Å². The van der Waals surface area contributed by atoms with Crippen molar-refractivity contribution in [2.75, 3.05) is 13.7 Å². The van der Waals surface area contributed by atoms with Crippen LogP contribution in [0.25, 0.3) is 0 Å². The molecule has 0 aliphatic carbocycles. The summed E-state index contributed by atoms with van der Waals surface area (Å²) in [7, 11) is 1.99. The Morgan fingerprint density at radius 3 is 2.09 bits per heavy atom. The molecular formula is C9H21NO. The molecule has 0 bridgehead atoms. The molecule has 11 heavy (non-hydrogen) atoms. The summed E-state index contributed by atoms with van der Waals surface area (Å²) in [4.78, 5) is 0. The molecule has 2 unspecified atom stereocenters. The highest BCUT2D eigenvalue weighted by molar-refractivity contribution is 4.74. The predicted octanol–water partition coefficient (Wildman–Crippen LogP) is 1.66. The average Bonchev–Trinajstić information content (AvgIpc) is 1.88. The molecule has 0 saturated heterocycles. The minimum atomic E-state index is 0.310. The standard InChI is InChI=1S/C9H21NO/c1-6-11-8(4)9(10-5)7(2)3/h7-10H,6H2,1-5H3. The Hall–Kier alpha value is -0.0800. The molecule has 0 aromatic heterocycles. The summed E-state index contributed by atoms with van der Waals surface area (Å²) in [5, 5.41) is 3.26. The molecule has 0 radical (unpaired) electrons. The van der Waals surface area contributed by atoms with Crippen LogP contribution in [0.1, 0.15) is 27.7 Å². The number of ether oxygens (including phenoxy) is 1. The van der Waals surface area contributed by atoms with E-state index in [1.165, 1.54) is 0 Å². The van der Waals surface area contributed by atoms with Gasteiger partial charge in [0.05, 0.1) is 6.10 Å². The SMILES string of the molecule is CCOC(C)C(NC)C(C)C. The Balaban J connectivity index is 3.81. The van der Waals surface area contributed by atoms with E-state index in [2.05, 4.69) is 26.1 Å². The minimum Gasteiger partial charge on any atom is -0.377 e. The number of likely N-dealkylation sites (N-methyl/N-ethyl adjacent to an activating group) is 1. The normalized spacial score (nSPS) is 16.9. The fourth-order valence-corrected chi connectivity index (χ4v) is 1.48. The van der Waals surface area contributed by atoms with Crippen molar-refractivity contribution in [3.8, 4) is 0 Å². The molecule has 0 aliphatic rings. The van der Waals surface area contributed by atoms with E-state index in [0.717, 1.165) is 6.61 Å². The van der Waals surface area contributed by atoms with Gasteiger partial charge in [-0.2, -0.15) is 0 Å². The Labute approximate surface area is 70.3 Å². The van der Waals surface area contributed by atoms with Gasteiger partial charge in [0.1, 0.15) is 0 Å². The maximum Gasteiger partial charge on any atom is 0.0702 e. The van der Waals surface area contributed by atoms with Gasteiger partial charge in [-0.1, -0.05) is 13.8 Å². The number of nitrogens with one attached hydrogen (secondary N) is 1. The molecule has 2 nitrogen and oxygen atoms in total. The highest BCUT2D eigenvalue weighted by Crippen LogP contribution is 2.08. The van der Waals surface area contributed by atoms with Gasteiger partial charge in [0, 0.05) is 12.6 Å². The smallest absolute Gasteiger partial charge is 0.0702 e. The lowest BCUT2D eigenvalue weighted by molar-refractivity contribution is 0.0371. The summed E-state index contributed by atoms with van der Waals surface area (Å²) in [6, 6.07) is 0.468. The molecule has 1 N–H and O–H groups in total. The molecule has 0 aromatic rings. The molecule has 0 amide bonds. The molecule has 2 heteroatoms. The van der Waals surface area contributed by atoms with E-state index >= 15 is 0 Å². The minimum absolute atomic E-state index is 0.310. The Bertz CT molecular complexity index is 93.6.